The number of para-hydroxylation sites is 1. The lowest BCUT2D eigenvalue weighted by atomic mass is 9.99. The molecule has 0 radical (unpaired) electrons. The SMILES string of the molecule is CCCCSCC(COc1ccccc1)OC(=O)CSc1nc(-c2ccc(C)cc2)cc(-c2ccccc2)c1C#N. The van der Waals surface area contributed by atoms with Gasteiger partial charge in [-0.05, 0) is 42.9 Å². The van der Waals surface area contributed by atoms with Crippen LogP contribution >= 0.6 is 23.5 Å². The predicted molar refractivity (Wildman–Crippen MR) is 169 cm³/mol. The summed E-state index contributed by atoms with van der Waals surface area (Å²) < 4.78 is 11.8. The molecule has 4 aromatic rings. The Bertz CT molecular complexity index is 1440. The summed E-state index contributed by atoms with van der Waals surface area (Å²) in [7, 11) is 0. The van der Waals surface area contributed by atoms with Crippen molar-refractivity contribution in [2.24, 2.45) is 0 Å². The van der Waals surface area contributed by atoms with E-state index in [0.717, 1.165) is 52.3 Å². The fraction of sp³-hybridized carbons (Fsp3) is 0.265. The zero-order chi connectivity index (χ0) is 28.9. The predicted octanol–water partition coefficient (Wildman–Crippen LogP) is 8.21. The van der Waals surface area contributed by atoms with Crippen molar-refractivity contribution in [3.05, 3.63) is 102 Å². The number of hydrogen-bond donors (Lipinski definition) is 0. The highest BCUT2D eigenvalue weighted by Crippen LogP contribution is 2.34. The van der Waals surface area contributed by atoms with E-state index in [2.05, 4.69) is 13.0 Å². The second kappa shape index (κ2) is 15.9. The maximum atomic E-state index is 13.1. The van der Waals surface area contributed by atoms with Crippen molar-refractivity contribution in [2.75, 3.05) is 23.9 Å². The summed E-state index contributed by atoms with van der Waals surface area (Å²) in [5.41, 5.74) is 5.01. The minimum Gasteiger partial charge on any atom is -0.490 e. The van der Waals surface area contributed by atoms with E-state index < -0.39 is 0 Å². The van der Waals surface area contributed by atoms with E-state index >= 15 is 0 Å². The summed E-state index contributed by atoms with van der Waals surface area (Å²) in [6, 6.07) is 31.7. The number of esters is 1. The molecule has 0 N–H and O–H groups in total. The number of benzene rings is 3. The van der Waals surface area contributed by atoms with E-state index in [1.807, 2.05) is 97.9 Å². The van der Waals surface area contributed by atoms with Crippen molar-refractivity contribution in [1.82, 2.24) is 4.98 Å². The number of carbonyl (C=O) groups excluding carboxylic acids is 1. The number of hydrogen-bond acceptors (Lipinski definition) is 7. The maximum absolute atomic E-state index is 13.1. The van der Waals surface area contributed by atoms with Gasteiger partial charge in [0.25, 0.3) is 0 Å². The molecule has 7 heteroatoms. The number of pyridine rings is 1. The van der Waals surface area contributed by atoms with Gasteiger partial charge in [0.1, 0.15) is 29.6 Å². The zero-order valence-electron chi connectivity index (χ0n) is 23.4. The van der Waals surface area contributed by atoms with Crippen molar-refractivity contribution in [1.29, 1.82) is 5.26 Å². The summed E-state index contributed by atoms with van der Waals surface area (Å²) >= 11 is 3.00. The van der Waals surface area contributed by atoms with Gasteiger partial charge in [-0.2, -0.15) is 17.0 Å². The molecular weight excluding hydrogens is 549 g/mol. The third-order valence-electron chi connectivity index (χ3n) is 6.28. The molecule has 3 aromatic carbocycles. The Labute approximate surface area is 251 Å². The zero-order valence-corrected chi connectivity index (χ0v) is 25.0. The van der Waals surface area contributed by atoms with Gasteiger partial charge in [-0.25, -0.2) is 4.98 Å². The fourth-order valence-corrected chi connectivity index (χ4v) is 5.95. The van der Waals surface area contributed by atoms with Crippen molar-refractivity contribution in [2.45, 2.75) is 37.8 Å². The van der Waals surface area contributed by atoms with Crippen LogP contribution in [0.5, 0.6) is 5.75 Å². The van der Waals surface area contributed by atoms with Gasteiger partial charge in [0.2, 0.25) is 0 Å². The third kappa shape index (κ3) is 9.14. The Hall–Kier alpha value is -3.73. The largest absolute Gasteiger partial charge is 0.490 e. The quantitative estimate of drug-likeness (QED) is 0.0843. The number of nitriles is 1. The highest BCUT2D eigenvalue weighted by molar-refractivity contribution is 8.00. The van der Waals surface area contributed by atoms with Gasteiger partial charge in [0.05, 0.1) is 17.0 Å². The molecule has 0 aliphatic rings. The Morgan fingerprint density at radius 2 is 1.68 bits per heavy atom. The lowest BCUT2D eigenvalue weighted by molar-refractivity contribution is -0.145. The topological polar surface area (TPSA) is 72.2 Å². The molecule has 1 atom stereocenters. The third-order valence-corrected chi connectivity index (χ3v) is 8.41. The minimum absolute atomic E-state index is 0.0364. The van der Waals surface area contributed by atoms with Gasteiger partial charge in [0.15, 0.2) is 0 Å². The lowest BCUT2D eigenvalue weighted by Gasteiger charge is -2.19. The van der Waals surface area contributed by atoms with Crippen molar-refractivity contribution < 1.29 is 14.3 Å². The number of unbranched alkanes of at least 4 members (excludes halogenated alkanes) is 1. The van der Waals surface area contributed by atoms with Gasteiger partial charge in [-0.3, -0.25) is 4.79 Å². The smallest absolute Gasteiger partial charge is 0.316 e. The first kappa shape index (κ1) is 30.2. The second-order valence-corrected chi connectivity index (χ2v) is 11.6. The van der Waals surface area contributed by atoms with Crippen LogP contribution in [0.4, 0.5) is 0 Å². The van der Waals surface area contributed by atoms with Crippen molar-refractivity contribution >= 4 is 29.5 Å². The van der Waals surface area contributed by atoms with E-state index in [0.29, 0.717) is 16.3 Å². The van der Waals surface area contributed by atoms with E-state index in [-0.39, 0.29) is 24.4 Å². The van der Waals surface area contributed by atoms with E-state index in [1.165, 1.54) is 11.8 Å². The number of nitrogens with zero attached hydrogens (tertiary/aromatic N) is 2. The molecule has 0 amide bonds. The Kier molecular flexibility index (Phi) is 11.7. The van der Waals surface area contributed by atoms with Gasteiger partial charge >= 0.3 is 5.97 Å². The first-order valence-corrected chi connectivity index (χ1v) is 15.9. The minimum atomic E-state index is -0.382. The molecular formula is C34H34N2O3S2. The van der Waals surface area contributed by atoms with Crippen LogP contribution in [0, 0.1) is 18.3 Å². The Balaban J connectivity index is 1.52. The molecule has 1 heterocycles. The van der Waals surface area contributed by atoms with Crippen LogP contribution < -0.4 is 4.74 Å². The number of carbonyl (C=O) groups is 1. The molecule has 1 aromatic heterocycles. The maximum Gasteiger partial charge on any atom is 0.316 e. The molecule has 0 saturated carbocycles. The normalized spacial score (nSPS) is 11.4. The molecule has 0 saturated heterocycles. The van der Waals surface area contributed by atoms with Crippen LogP contribution in [0.3, 0.4) is 0 Å². The number of thioether (sulfide) groups is 2. The summed E-state index contributed by atoms with van der Waals surface area (Å²) in [4.78, 5) is 17.9. The molecule has 0 aliphatic carbocycles. The molecule has 0 spiro atoms. The summed E-state index contributed by atoms with van der Waals surface area (Å²) in [6.07, 6.45) is 1.85. The van der Waals surface area contributed by atoms with Gasteiger partial charge in [0, 0.05) is 16.9 Å². The van der Waals surface area contributed by atoms with Crippen LogP contribution in [-0.4, -0.2) is 40.9 Å². The van der Waals surface area contributed by atoms with Crippen LogP contribution in [0.2, 0.25) is 0 Å². The van der Waals surface area contributed by atoms with E-state index in [4.69, 9.17) is 14.5 Å². The Morgan fingerprint density at radius 1 is 0.976 bits per heavy atom. The molecule has 1 unspecified atom stereocenters. The highest BCUT2D eigenvalue weighted by atomic mass is 32.2. The first-order valence-electron chi connectivity index (χ1n) is 13.7. The summed E-state index contributed by atoms with van der Waals surface area (Å²) in [6.45, 7) is 4.48. The van der Waals surface area contributed by atoms with Gasteiger partial charge < -0.3 is 9.47 Å². The van der Waals surface area contributed by atoms with Crippen LogP contribution in [0.15, 0.2) is 96.0 Å². The van der Waals surface area contributed by atoms with Crippen LogP contribution in [-0.2, 0) is 9.53 Å². The number of aryl methyl sites for hydroxylation is 1. The monoisotopic (exact) mass is 582 g/mol. The van der Waals surface area contributed by atoms with Crippen LogP contribution in [0.25, 0.3) is 22.4 Å². The van der Waals surface area contributed by atoms with Crippen LogP contribution in [0.1, 0.15) is 30.9 Å². The van der Waals surface area contributed by atoms with Gasteiger partial charge in [-0.1, -0.05) is 103 Å². The van der Waals surface area contributed by atoms with E-state index in [9.17, 15) is 10.1 Å². The van der Waals surface area contributed by atoms with Crippen molar-refractivity contribution in [3.63, 3.8) is 0 Å². The second-order valence-electron chi connectivity index (χ2n) is 9.53. The number of ether oxygens (including phenoxy) is 2. The molecule has 210 valence electrons. The molecule has 41 heavy (non-hydrogen) atoms. The van der Waals surface area contributed by atoms with Crippen molar-refractivity contribution in [3.8, 4) is 34.2 Å². The number of rotatable bonds is 14. The first-order chi connectivity index (χ1) is 20.1. The number of aromatic nitrogens is 1. The Morgan fingerprint density at radius 3 is 2.37 bits per heavy atom. The molecule has 4 rings (SSSR count). The molecule has 0 fully saturated rings. The standard InChI is InChI=1S/C34H34N2O3S2/c1-3-4-19-40-23-29(22-38-28-13-9-6-10-14-28)39-33(37)24-41-34-31(21-35)30(26-11-7-5-8-12-26)20-32(36-34)27-17-15-25(2)16-18-27/h5-18,20,29H,3-4,19,22-24H2,1-2H3. The average Bonchev–Trinajstić information content (AvgIpc) is 3.01. The molecule has 0 bridgehead atoms. The van der Waals surface area contributed by atoms with E-state index in [1.54, 1.807) is 11.8 Å². The molecule has 5 nitrogen and oxygen atoms in total. The average molecular weight is 583 g/mol. The van der Waals surface area contributed by atoms with Gasteiger partial charge in [-0.15, -0.1) is 0 Å². The lowest BCUT2D eigenvalue weighted by Crippen LogP contribution is -2.28. The fourth-order valence-electron chi connectivity index (χ4n) is 4.08. The summed E-state index contributed by atoms with van der Waals surface area (Å²) in [5.74, 6) is 2.08. The summed E-state index contributed by atoms with van der Waals surface area (Å²) in [5, 5.41) is 10.7. The highest BCUT2D eigenvalue weighted by Gasteiger charge is 2.20. The molecule has 0 aliphatic heterocycles.